The van der Waals surface area contributed by atoms with E-state index in [-0.39, 0.29) is 12.2 Å². The van der Waals surface area contributed by atoms with E-state index in [4.69, 9.17) is 9.26 Å². The van der Waals surface area contributed by atoms with Crippen molar-refractivity contribution in [3.8, 4) is 0 Å². The van der Waals surface area contributed by atoms with Gasteiger partial charge >= 0.3 is 0 Å². The van der Waals surface area contributed by atoms with Gasteiger partial charge in [0, 0.05) is 13.5 Å². The van der Waals surface area contributed by atoms with E-state index in [9.17, 15) is 4.79 Å². The van der Waals surface area contributed by atoms with Gasteiger partial charge in [0.25, 0.3) is 0 Å². The molecule has 0 aromatic carbocycles. The molecule has 5 nitrogen and oxygen atoms in total. The smallest absolute Gasteiger partial charge is 0.234 e. The zero-order chi connectivity index (χ0) is 15.5. The minimum Gasteiger partial charge on any atom is -0.370 e. The molecule has 1 aliphatic rings. The number of hydrogen-bond donors (Lipinski definition) is 0. The Balaban J connectivity index is 2.06. The maximum Gasteiger partial charge on any atom is 0.234 e. The fraction of sp³-hybridized carbons (Fsp3) is 0.812. The van der Waals surface area contributed by atoms with Gasteiger partial charge < -0.3 is 9.26 Å². The van der Waals surface area contributed by atoms with Crippen molar-refractivity contribution >= 4 is 5.78 Å². The lowest BCUT2D eigenvalue weighted by molar-refractivity contribution is -0.119. The van der Waals surface area contributed by atoms with Crippen molar-refractivity contribution in [3.05, 3.63) is 11.7 Å². The molecule has 0 unspecified atom stereocenters. The Bertz CT molecular complexity index is 474. The quantitative estimate of drug-likeness (QED) is 0.805. The average molecular weight is 294 g/mol. The van der Waals surface area contributed by atoms with Crippen LogP contribution in [0, 0.1) is 11.8 Å². The van der Waals surface area contributed by atoms with E-state index in [1.165, 1.54) is 0 Å². The number of rotatable bonds is 6. The number of hydrogen-bond acceptors (Lipinski definition) is 5. The summed E-state index contributed by atoms with van der Waals surface area (Å²) in [4.78, 5) is 16.3. The normalized spacial score (nSPS) is 26.2. The van der Waals surface area contributed by atoms with Crippen LogP contribution in [0.15, 0.2) is 4.52 Å². The summed E-state index contributed by atoms with van der Waals surface area (Å²) >= 11 is 0. The van der Waals surface area contributed by atoms with Gasteiger partial charge in [-0.15, -0.1) is 0 Å². The van der Waals surface area contributed by atoms with E-state index in [0.29, 0.717) is 30.0 Å². The number of aromatic nitrogens is 2. The first-order valence-electron chi connectivity index (χ1n) is 7.85. The third-order valence-corrected chi connectivity index (χ3v) is 4.33. The molecule has 118 valence electrons. The Morgan fingerprint density at radius 1 is 1.43 bits per heavy atom. The van der Waals surface area contributed by atoms with Crippen LogP contribution in [0.4, 0.5) is 0 Å². The topological polar surface area (TPSA) is 65.2 Å². The van der Waals surface area contributed by atoms with Crippen LogP contribution in [-0.4, -0.2) is 23.0 Å². The van der Waals surface area contributed by atoms with E-state index in [0.717, 1.165) is 25.7 Å². The van der Waals surface area contributed by atoms with Crippen LogP contribution in [0.2, 0.25) is 0 Å². The molecule has 1 aliphatic carbocycles. The fourth-order valence-electron chi connectivity index (χ4n) is 2.96. The van der Waals surface area contributed by atoms with Crippen LogP contribution in [0.1, 0.15) is 64.6 Å². The van der Waals surface area contributed by atoms with Crippen molar-refractivity contribution in [1.82, 2.24) is 10.1 Å². The Morgan fingerprint density at radius 2 is 2.10 bits per heavy atom. The molecule has 0 spiro atoms. The molecular weight excluding hydrogens is 268 g/mol. The molecule has 1 fully saturated rings. The second-order valence-corrected chi connectivity index (χ2v) is 6.71. The molecule has 1 heterocycles. The molecule has 0 saturated heterocycles. The molecule has 1 saturated carbocycles. The Kier molecular flexibility index (Phi) is 5.14. The summed E-state index contributed by atoms with van der Waals surface area (Å²) in [5.41, 5.74) is -0.435. The zero-order valence-electron chi connectivity index (χ0n) is 13.5. The van der Waals surface area contributed by atoms with Gasteiger partial charge in [0.05, 0.1) is 6.42 Å². The second-order valence-electron chi connectivity index (χ2n) is 6.71. The number of carbonyl (C=O) groups is 1. The predicted octanol–water partition coefficient (Wildman–Crippen LogP) is 3.28. The highest BCUT2D eigenvalue weighted by Gasteiger charge is 2.40. The molecular formula is C16H26N2O3. The number of methoxy groups -OCH3 is 1. The zero-order valence-corrected chi connectivity index (χ0v) is 13.5. The third kappa shape index (κ3) is 3.90. The fourth-order valence-corrected chi connectivity index (χ4v) is 2.96. The molecule has 0 bridgehead atoms. The lowest BCUT2D eigenvalue weighted by Gasteiger charge is -2.35. The Morgan fingerprint density at radius 3 is 2.67 bits per heavy atom. The van der Waals surface area contributed by atoms with Gasteiger partial charge in [-0.25, -0.2) is 0 Å². The first-order valence-corrected chi connectivity index (χ1v) is 7.85. The van der Waals surface area contributed by atoms with Crippen molar-refractivity contribution in [1.29, 1.82) is 0 Å². The number of Topliss-reactive ketones (excluding diaryl/α,β-unsaturated/α-hetero) is 1. The van der Waals surface area contributed by atoms with Crippen LogP contribution in [0.5, 0.6) is 0 Å². The van der Waals surface area contributed by atoms with E-state index in [1.54, 1.807) is 7.11 Å². The van der Waals surface area contributed by atoms with Crippen LogP contribution < -0.4 is 0 Å². The molecule has 0 aliphatic heterocycles. The number of ketones is 1. The highest BCUT2D eigenvalue weighted by Crippen LogP contribution is 2.40. The van der Waals surface area contributed by atoms with Crippen molar-refractivity contribution in [2.24, 2.45) is 11.8 Å². The van der Waals surface area contributed by atoms with E-state index in [2.05, 4.69) is 17.1 Å². The van der Waals surface area contributed by atoms with Crippen molar-refractivity contribution in [3.63, 3.8) is 0 Å². The molecule has 0 radical (unpaired) electrons. The minimum absolute atomic E-state index is 0.143. The molecule has 2 rings (SSSR count). The largest absolute Gasteiger partial charge is 0.370 e. The van der Waals surface area contributed by atoms with Gasteiger partial charge in [-0.05, 0) is 37.5 Å². The van der Waals surface area contributed by atoms with Crippen LogP contribution in [-0.2, 0) is 21.6 Å². The molecule has 5 heteroatoms. The summed E-state index contributed by atoms with van der Waals surface area (Å²) in [6.07, 6.45) is 4.78. The minimum atomic E-state index is -0.435. The van der Waals surface area contributed by atoms with Crippen molar-refractivity contribution in [2.45, 2.75) is 64.9 Å². The van der Waals surface area contributed by atoms with Crippen LogP contribution in [0.25, 0.3) is 0 Å². The first-order chi connectivity index (χ1) is 9.95. The van der Waals surface area contributed by atoms with Gasteiger partial charge in [-0.2, -0.15) is 4.98 Å². The Hall–Kier alpha value is -1.23. The van der Waals surface area contributed by atoms with Gasteiger partial charge in [0.2, 0.25) is 11.7 Å². The predicted molar refractivity (Wildman–Crippen MR) is 78.8 cm³/mol. The summed E-state index contributed by atoms with van der Waals surface area (Å²) < 4.78 is 11.0. The molecule has 0 amide bonds. The third-order valence-electron chi connectivity index (χ3n) is 4.33. The lowest BCUT2D eigenvalue weighted by atomic mass is 9.79. The number of nitrogens with zero attached hydrogens (tertiary/aromatic N) is 2. The van der Waals surface area contributed by atoms with E-state index in [1.807, 2.05) is 13.8 Å². The molecule has 0 atom stereocenters. The summed E-state index contributed by atoms with van der Waals surface area (Å²) in [5.74, 6) is 2.22. The van der Waals surface area contributed by atoms with Gasteiger partial charge in [-0.1, -0.05) is 25.9 Å². The monoisotopic (exact) mass is 294 g/mol. The first kappa shape index (κ1) is 16.1. The number of carbonyl (C=O) groups excluding carboxylic acids is 1. The standard InChI is InChI=1S/C16H26N2O3/c1-11(2)9-13(19)10-14-17-15(18-21-14)16(20-4)7-5-12(3)6-8-16/h11-12H,5-10H2,1-4H3. The summed E-state index contributed by atoms with van der Waals surface area (Å²) in [5, 5.41) is 4.08. The second kappa shape index (κ2) is 6.69. The van der Waals surface area contributed by atoms with Crippen molar-refractivity contribution in [2.75, 3.05) is 7.11 Å². The van der Waals surface area contributed by atoms with Gasteiger partial charge in [0.15, 0.2) is 0 Å². The van der Waals surface area contributed by atoms with E-state index < -0.39 is 5.60 Å². The number of ether oxygens (including phenoxy) is 1. The molecule has 0 N–H and O–H groups in total. The van der Waals surface area contributed by atoms with Crippen molar-refractivity contribution < 1.29 is 14.1 Å². The molecule has 1 aromatic heterocycles. The summed E-state index contributed by atoms with van der Waals surface area (Å²) in [6.45, 7) is 6.31. The average Bonchev–Trinajstić information content (AvgIpc) is 2.88. The lowest BCUT2D eigenvalue weighted by Crippen LogP contribution is -2.34. The highest BCUT2D eigenvalue weighted by atomic mass is 16.5. The SMILES string of the molecule is COC1(c2noc(CC(=O)CC(C)C)n2)CCC(C)CC1. The van der Waals surface area contributed by atoms with Gasteiger partial charge in [0.1, 0.15) is 11.4 Å². The van der Waals surface area contributed by atoms with Crippen LogP contribution in [0.3, 0.4) is 0 Å². The van der Waals surface area contributed by atoms with Crippen LogP contribution >= 0.6 is 0 Å². The molecule has 1 aromatic rings. The van der Waals surface area contributed by atoms with Gasteiger partial charge in [-0.3, -0.25) is 4.79 Å². The summed E-state index contributed by atoms with van der Waals surface area (Å²) in [6, 6.07) is 0. The maximum atomic E-state index is 11.8. The summed E-state index contributed by atoms with van der Waals surface area (Å²) in [7, 11) is 1.70. The highest BCUT2D eigenvalue weighted by molar-refractivity contribution is 5.80. The molecule has 21 heavy (non-hydrogen) atoms. The Labute approximate surface area is 126 Å². The van der Waals surface area contributed by atoms with E-state index >= 15 is 0 Å². The maximum absolute atomic E-state index is 11.8.